The Morgan fingerprint density at radius 1 is 0.560 bits per heavy atom. The monoisotopic (exact) mass is 766 g/mol. The summed E-state index contributed by atoms with van der Waals surface area (Å²) >= 11 is 0. The van der Waals surface area contributed by atoms with Gasteiger partial charge in [-0.25, -0.2) is 13.7 Å². The Balaban J connectivity index is 6.86. The number of nitrogens with zero attached hydrogens (tertiary/aromatic N) is 3. The van der Waals surface area contributed by atoms with E-state index in [1.807, 2.05) is 6.92 Å². The molecule has 18 nitrogen and oxygen atoms in total. The van der Waals surface area contributed by atoms with Gasteiger partial charge >= 0.3 is 21.4 Å². The molecule has 1 unspecified atom stereocenters. The van der Waals surface area contributed by atoms with Crippen molar-refractivity contribution in [3.05, 3.63) is 46.6 Å². The number of hydrogen-bond acceptors (Lipinski definition) is 12. The molecule has 11 N–H and O–H groups in total. The van der Waals surface area contributed by atoms with Crippen molar-refractivity contribution in [2.24, 2.45) is 0 Å². The lowest BCUT2D eigenvalue weighted by atomic mass is 9.99. The van der Waals surface area contributed by atoms with Crippen molar-refractivity contribution in [2.75, 3.05) is 60.6 Å². The van der Waals surface area contributed by atoms with Crippen molar-refractivity contribution in [3.63, 3.8) is 0 Å². The molecule has 0 fully saturated rings. The van der Waals surface area contributed by atoms with Crippen LogP contribution in [0, 0.1) is 0 Å². The maximum absolute atomic E-state index is 12.5. The Morgan fingerprint density at radius 3 is 1.22 bits per heavy atom. The smallest absolute Gasteiger partial charge is 0.347 e. The molecule has 0 aromatic heterocycles. The molecule has 0 aromatic rings. The molecule has 0 heterocycles. The zero-order valence-electron chi connectivity index (χ0n) is 29.9. The Morgan fingerprint density at radius 2 is 0.900 bits per heavy atom. The third-order valence-electron chi connectivity index (χ3n) is 9.00. The minimum atomic E-state index is -5.66. The van der Waals surface area contributed by atoms with Gasteiger partial charge in [0.05, 0.1) is 0 Å². The van der Waals surface area contributed by atoms with E-state index in [0.717, 1.165) is 31.3 Å². The fraction of sp³-hybridized carbons (Fsp3) is 0.733. The van der Waals surface area contributed by atoms with Gasteiger partial charge in [-0.15, -0.1) is 0 Å². The van der Waals surface area contributed by atoms with Crippen LogP contribution >= 0.6 is 15.6 Å². The van der Waals surface area contributed by atoms with Crippen LogP contribution in [0.1, 0.15) is 79.6 Å². The van der Waals surface area contributed by atoms with Gasteiger partial charge < -0.3 is 55.5 Å². The van der Waals surface area contributed by atoms with Crippen molar-refractivity contribution in [2.45, 2.75) is 85.4 Å². The number of rotatable bonds is 27. The number of allylic oxidation sites excluding steroid dienone is 7. The Kier molecular flexibility index (Phi) is 21.6. The number of aliphatic hydroxyl groups excluding tert-OH is 8. The van der Waals surface area contributed by atoms with E-state index in [-0.39, 0.29) is 0 Å². The predicted molar refractivity (Wildman–Crippen MR) is 182 cm³/mol. The molecule has 0 aliphatic carbocycles. The minimum absolute atomic E-state index is 0.441. The van der Waals surface area contributed by atoms with Crippen molar-refractivity contribution in [1.82, 2.24) is 0 Å². The van der Waals surface area contributed by atoms with Crippen LogP contribution in [0.25, 0.3) is 0 Å². The van der Waals surface area contributed by atoms with Crippen LogP contribution in [0.15, 0.2) is 46.6 Å². The number of phosphoric acid groups is 2. The zero-order chi connectivity index (χ0) is 38.9. The Bertz CT molecular complexity index is 1200. The first-order chi connectivity index (χ1) is 23.2. The highest BCUT2D eigenvalue weighted by molar-refractivity contribution is 7.60. The van der Waals surface area contributed by atoms with Crippen LogP contribution < -0.4 is 0 Å². The molecule has 0 bridgehead atoms. The number of phosphoric ester groups is 1. The van der Waals surface area contributed by atoms with E-state index in [2.05, 4.69) is 43.3 Å². The normalized spacial score (nSPS) is 15.7. The summed E-state index contributed by atoms with van der Waals surface area (Å²) in [4.78, 5) is 28.1. The topological polar surface area (TPSA) is 275 Å². The van der Waals surface area contributed by atoms with Gasteiger partial charge in [0, 0.05) is 0 Å². The highest BCUT2D eigenvalue weighted by atomic mass is 31.3. The average molecular weight is 767 g/mol. The summed E-state index contributed by atoms with van der Waals surface area (Å²) in [5.74, 6) is -2.55. The molecule has 20 heteroatoms. The second-order valence-corrected chi connectivity index (χ2v) is 15.7. The highest BCUT2D eigenvalue weighted by Crippen LogP contribution is 2.58. The zero-order valence-corrected chi connectivity index (χ0v) is 31.7. The third kappa shape index (κ3) is 13.0. The first kappa shape index (κ1) is 48.8. The van der Waals surface area contributed by atoms with Gasteiger partial charge in [0.15, 0.2) is 53.8 Å². The van der Waals surface area contributed by atoms with Gasteiger partial charge in [0.25, 0.3) is 0 Å². The predicted octanol–water partition coefficient (Wildman–Crippen LogP) is 1.41. The average Bonchev–Trinajstić information content (AvgIpc) is 3.04. The minimum Gasteiger partial charge on any atom is -0.347 e. The Labute approximate surface area is 295 Å². The van der Waals surface area contributed by atoms with Crippen LogP contribution in [0.4, 0.5) is 0 Å². The molecule has 0 saturated heterocycles. The summed E-state index contributed by atoms with van der Waals surface area (Å²) in [5, 5.41) is 85.5. The molecule has 0 aliphatic rings. The number of quaternary nitrogens is 3. The molecule has 0 rings (SSSR count). The number of aliphatic hydroxyl groups is 8. The largest absolute Gasteiger partial charge is 0.485 e. The number of hydrogen-bond donors (Lipinski definition) is 11. The molecule has 0 amide bonds. The van der Waals surface area contributed by atoms with E-state index in [0.29, 0.717) is 18.4 Å². The van der Waals surface area contributed by atoms with Crippen molar-refractivity contribution in [1.29, 1.82) is 0 Å². The van der Waals surface area contributed by atoms with Crippen LogP contribution in [0.5, 0.6) is 0 Å². The van der Waals surface area contributed by atoms with E-state index in [4.69, 9.17) is 14.3 Å². The van der Waals surface area contributed by atoms with Crippen LogP contribution in [0.2, 0.25) is 0 Å². The fourth-order valence-electron chi connectivity index (χ4n) is 5.97. The maximum Gasteiger partial charge on any atom is 0.485 e. The van der Waals surface area contributed by atoms with Gasteiger partial charge in [0.1, 0.15) is 6.42 Å². The van der Waals surface area contributed by atoms with Gasteiger partial charge in [-0.2, -0.15) is 17.8 Å². The summed E-state index contributed by atoms with van der Waals surface area (Å²) in [6.45, 7) is -1.34. The lowest BCUT2D eigenvalue weighted by molar-refractivity contribution is -1.35. The molecule has 50 heavy (non-hydrogen) atoms. The first-order valence-corrected chi connectivity index (χ1v) is 19.1. The molecule has 0 aliphatic heterocycles. The van der Waals surface area contributed by atoms with E-state index in [9.17, 15) is 54.9 Å². The van der Waals surface area contributed by atoms with Crippen LogP contribution in [-0.2, 0) is 18.0 Å². The Hall–Kier alpha value is -1.22. The molecule has 0 spiro atoms. The van der Waals surface area contributed by atoms with Gasteiger partial charge in [-0.1, -0.05) is 46.6 Å². The van der Waals surface area contributed by atoms with Gasteiger partial charge in [-0.05, 0) is 73.1 Å². The fourth-order valence-corrected chi connectivity index (χ4v) is 7.61. The first-order valence-electron chi connectivity index (χ1n) is 16.1. The lowest BCUT2D eigenvalue weighted by Gasteiger charge is -2.61. The second-order valence-electron chi connectivity index (χ2n) is 12.9. The molecular weight excluding hydrogens is 704 g/mol. The van der Waals surface area contributed by atoms with Crippen LogP contribution in [-0.4, -0.2) is 135 Å². The maximum atomic E-state index is 12.5. The molecule has 0 radical (unpaired) electrons. The molecule has 294 valence electrons. The third-order valence-corrected chi connectivity index (χ3v) is 11.1. The highest BCUT2D eigenvalue weighted by Gasteiger charge is 2.77. The van der Waals surface area contributed by atoms with E-state index in [1.165, 1.54) is 17.2 Å². The molecular formula is C30H62N3O15P2+3. The van der Waals surface area contributed by atoms with E-state index in [1.54, 1.807) is 6.92 Å². The van der Waals surface area contributed by atoms with Crippen LogP contribution in [0.3, 0.4) is 0 Å². The summed E-state index contributed by atoms with van der Waals surface area (Å²) in [7, 11) is -11.3. The van der Waals surface area contributed by atoms with Crippen molar-refractivity contribution in [3.8, 4) is 0 Å². The summed E-state index contributed by atoms with van der Waals surface area (Å²) in [6.07, 6.45) is 12.1. The molecule has 0 aromatic carbocycles. The second kappa shape index (κ2) is 22.1. The van der Waals surface area contributed by atoms with Crippen molar-refractivity contribution >= 4 is 15.6 Å². The molecule has 0 saturated carbocycles. The summed E-state index contributed by atoms with van der Waals surface area (Å²) < 4.78 is 28.1. The van der Waals surface area contributed by atoms with Crippen molar-refractivity contribution < 1.29 is 86.9 Å². The molecule has 1 atom stereocenters. The van der Waals surface area contributed by atoms with E-state index >= 15 is 0 Å². The SMILES string of the molecule is CC(C)=CCC/C(C)=C/CC/C(C)=C/CC/C(C)=C/CC([N+](CO)(CO)CO)([N+](CO)(CO)CO)[N+](CO)(CO)COP(=O)(O)OP(=O)(O)O. The lowest BCUT2D eigenvalue weighted by Crippen LogP contribution is -2.91. The quantitative estimate of drug-likeness (QED) is 0.0244. The summed E-state index contributed by atoms with van der Waals surface area (Å²) in [6, 6.07) is 0. The summed E-state index contributed by atoms with van der Waals surface area (Å²) in [5.41, 5.74) is 4.39. The van der Waals surface area contributed by atoms with E-state index < -0.39 is 102 Å². The van der Waals surface area contributed by atoms with Gasteiger partial charge in [0.2, 0.25) is 6.73 Å². The van der Waals surface area contributed by atoms with Gasteiger partial charge in [-0.3, -0.25) is 0 Å². The standard InChI is InChI=1S/C30H59N3O15P2/c1-26(2)9-6-10-27(3)11-7-12-28(4)13-8-14-29(5)15-16-30(31(17-34,18-35)19-36,32(20-37,21-38)22-39)33(23-40,24-41)25-47-50(45,46)48-49(42,43)44/h9,11,13,15,34-41H,6-8,10,12,14,16-25H2,1-5H3/p+3/b27-11+,28-13+,29-15+.